The monoisotopic (exact) mass is 236 g/mol. The van der Waals surface area contributed by atoms with Gasteiger partial charge in [-0.1, -0.05) is 26.8 Å². The Morgan fingerprint density at radius 1 is 1.18 bits per heavy atom. The van der Waals surface area contributed by atoms with Crippen LogP contribution in [0.5, 0.6) is 5.75 Å². The molecule has 1 aromatic carbocycles. The van der Waals surface area contributed by atoms with E-state index in [1.807, 2.05) is 19.1 Å². The van der Waals surface area contributed by atoms with Crippen molar-refractivity contribution in [3.8, 4) is 5.75 Å². The molecule has 17 heavy (non-hydrogen) atoms. The van der Waals surface area contributed by atoms with Crippen LogP contribution in [0.15, 0.2) is 18.2 Å². The molecule has 1 rings (SSSR count). The Bertz CT molecular complexity index is 392. The van der Waals surface area contributed by atoms with E-state index in [0.717, 1.165) is 16.9 Å². The molecule has 0 spiro atoms. The first-order valence-corrected chi connectivity index (χ1v) is 5.90. The Labute approximate surface area is 104 Å². The largest absolute Gasteiger partial charge is 0.496 e. The van der Waals surface area contributed by atoms with E-state index in [2.05, 4.69) is 26.8 Å². The average molecular weight is 236 g/mol. The highest BCUT2D eigenvalue weighted by molar-refractivity contribution is 5.43. The van der Waals surface area contributed by atoms with Crippen molar-refractivity contribution in [2.75, 3.05) is 13.7 Å². The molecule has 0 radical (unpaired) electrons. The van der Waals surface area contributed by atoms with E-state index >= 15 is 0 Å². The third-order valence-electron chi connectivity index (χ3n) is 3.09. The van der Waals surface area contributed by atoms with Gasteiger partial charge in [0.2, 0.25) is 0 Å². The lowest BCUT2D eigenvalue weighted by Gasteiger charge is -2.28. The average Bonchev–Trinajstić information content (AvgIpc) is 2.27. The van der Waals surface area contributed by atoms with E-state index in [4.69, 9.17) is 16.2 Å². The van der Waals surface area contributed by atoms with Crippen molar-refractivity contribution in [1.29, 1.82) is 0 Å². The van der Waals surface area contributed by atoms with Crippen LogP contribution in [-0.4, -0.2) is 13.7 Å². The summed E-state index contributed by atoms with van der Waals surface area (Å²) < 4.78 is 5.40. The second-order valence-corrected chi connectivity index (χ2v) is 5.79. The summed E-state index contributed by atoms with van der Waals surface area (Å²) in [6.45, 7) is 8.84. The number of nitrogens with two attached hydrogens (primary N) is 2. The fraction of sp³-hybridized carbons (Fsp3) is 0.571. The van der Waals surface area contributed by atoms with Crippen LogP contribution < -0.4 is 16.2 Å². The molecule has 0 aliphatic carbocycles. The fourth-order valence-corrected chi connectivity index (χ4v) is 1.77. The minimum atomic E-state index is -0.494. The maximum absolute atomic E-state index is 6.18. The Morgan fingerprint density at radius 2 is 1.76 bits per heavy atom. The minimum Gasteiger partial charge on any atom is -0.496 e. The first kappa shape index (κ1) is 14.0. The van der Waals surface area contributed by atoms with Crippen LogP contribution in [0.25, 0.3) is 0 Å². The fourth-order valence-electron chi connectivity index (χ4n) is 1.77. The molecule has 0 bridgehead atoms. The number of hydrogen-bond donors (Lipinski definition) is 2. The molecular formula is C14H24N2O. The molecule has 1 unspecified atom stereocenters. The summed E-state index contributed by atoms with van der Waals surface area (Å²) >= 11 is 0. The van der Waals surface area contributed by atoms with Gasteiger partial charge in [-0.25, -0.2) is 0 Å². The van der Waals surface area contributed by atoms with Gasteiger partial charge in [0.15, 0.2) is 0 Å². The van der Waals surface area contributed by atoms with Crippen molar-refractivity contribution in [2.45, 2.75) is 38.6 Å². The summed E-state index contributed by atoms with van der Waals surface area (Å²) in [5.74, 6) is 0.897. The minimum absolute atomic E-state index is 0.0199. The molecule has 0 heterocycles. The van der Waals surface area contributed by atoms with Crippen LogP contribution in [0, 0.1) is 0 Å². The van der Waals surface area contributed by atoms with Gasteiger partial charge in [-0.3, -0.25) is 0 Å². The summed E-state index contributed by atoms with van der Waals surface area (Å²) in [5, 5.41) is 0. The van der Waals surface area contributed by atoms with Crippen molar-refractivity contribution < 1.29 is 4.74 Å². The standard InChI is InChI=1S/C14H24N2O/c1-13(2,3)11-8-10(14(4,16)9-15)6-7-12(11)17-5/h6-8H,9,15-16H2,1-5H3. The van der Waals surface area contributed by atoms with E-state index in [1.165, 1.54) is 0 Å². The highest BCUT2D eigenvalue weighted by Gasteiger charge is 2.24. The van der Waals surface area contributed by atoms with Gasteiger partial charge in [0, 0.05) is 6.54 Å². The summed E-state index contributed by atoms with van der Waals surface area (Å²) in [7, 11) is 1.69. The summed E-state index contributed by atoms with van der Waals surface area (Å²) in [4.78, 5) is 0. The van der Waals surface area contributed by atoms with E-state index in [9.17, 15) is 0 Å². The van der Waals surface area contributed by atoms with Gasteiger partial charge in [-0.15, -0.1) is 0 Å². The van der Waals surface area contributed by atoms with E-state index in [1.54, 1.807) is 7.11 Å². The van der Waals surface area contributed by atoms with Crippen molar-refractivity contribution >= 4 is 0 Å². The van der Waals surface area contributed by atoms with Crippen LogP contribution in [0.2, 0.25) is 0 Å². The van der Waals surface area contributed by atoms with Crippen molar-refractivity contribution in [1.82, 2.24) is 0 Å². The van der Waals surface area contributed by atoms with Gasteiger partial charge in [0.25, 0.3) is 0 Å². The zero-order chi connectivity index (χ0) is 13.3. The summed E-state index contributed by atoms with van der Waals surface area (Å²) in [6, 6.07) is 6.06. The lowest BCUT2D eigenvalue weighted by Crippen LogP contribution is -2.41. The van der Waals surface area contributed by atoms with E-state index in [0.29, 0.717) is 6.54 Å². The zero-order valence-corrected chi connectivity index (χ0v) is 11.5. The van der Waals surface area contributed by atoms with Gasteiger partial charge in [0.1, 0.15) is 5.75 Å². The Kier molecular flexibility index (Phi) is 3.84. The Balaban J connectivity index is 3.33. The van der Waals surface area contributed by atoms with Gasteiger partial charge in [-0.2, -0.15) is 0 Å². The topological polar surface area (TPSA) is 61.3 Å². The summed E-state index contributed by atoms with van der Waals surface area (Å²) in [5.41, 5.74) is 13.6. The number of hydrogen-bond acceptors (Lipinski definition) is 3. The van der Waals surface area contributed by atoms with Crippen molar-refractivity contribution in [2.24, 2.45) is 11.5 Å². The molecular weight excluding hydrogens is 212 g/mol. The summed E-state index contributed by atoms with van der Waals surface area (Å²) in [6.07, 6.45) is 0. The maximum Gasteiger partial charge on any atom is 0.122 e. The molecule has 3 heteroatoms. The van der Waals surface area contributed by atoms with Gasteiger partial charge in [-0.05, 0) is 35.6 Å². The molecule has 1 aromatic rings. The lowest BCUT2D eigenvalue weighted by molar-refractivity contribution is 0.396. The van der Waals surface area contributed by atoms with E-state index in [-0.39, 0.29) is 5.41 Å². The van der Waals surface area contributed by atoms with Gasteiger partial charge in [0.05, 0.1) is 12.6 Å². The van der Waals surface area contributed by atoms with Crippen LogP contribution >= 0.6 is 0 Å². The van der Waals surface area contributed by atoms with E-state index < -0.39 is 5.54 Å². The van der Waals surface area contributed by atoms with Crippen LogP contribution in [0.3, 0.4) is 0 Å². The zero-order valence-electron chi connectivity index (χ0n) is 11.5. The Hall–Kier alpha value is -1.06. The second kappa shape index (κ2) is 4.67. The highest BCUT2D eigenvalue weighted by atomic mass is 16.5. The van der Waals surface area contributed by atoms with Gasteiger partial charge >= 0.3 is 0 Å². The number of methoxy groups -OCH3 is 1. The third kappa shape index (κ3) is 2.99. The predicted octanol–water partition coefficient (Wildman–Crippen LogP) is 2.13. The molecule has 0 aliphatic heterocycles. The van der Waals surface area contributed by atoms with Crippen molar-refractivity contribution in [3.05, 3.63) is 29.3 Å². The number of rotatable bonds is 3. The first-order chi connectivity index (χ1) is 7.72. The van der Waals surface area contributed by atoms with Crippen LogP contribution in [0.1, 0.15) is 38.8 Å². The first-order valence-electron chi connectivity index (χ1n) is 5.90. The molecule has 4 N–H and O–H groups in total. The third-order valence-corrected chi connectivity index (χ3v) is 3.09. The SMILES string of the molecule is COc1ccc(C(C)(N)CN)cc1C(C)(C)C. The molecule has 0 fully saturated rings. The number of ether oxygens (including phenoxy) is 1. The molecule has 0 amide bonds. The maximum atomic E-state index is 6.18. The molecule has 0 saturated carbocycles. The lowest BCUT2D eigenvalue weighted by atomic mass is 9.82. The van der Waals surface area contributed by atoms with Crippen LogP contribution in [-0.2, 0) is 11.0 Å². The molecule has 0 aromatic heterocycles. The quantitative estimate of drug-likeness (QED) is 0.845. The molecule has 0 aliphatic rings. The smallest absolute Gasteiger partial charge is 0.122 e. The van der Waals surface area contributed by atoms with Crippen molar-refractivity contribution in [3.63, 3.8) is 0 Å². The second-order valence-electron chi connectivity index (χ2n) is 5.79. The molecule has 0 saturated heterocycles. The van der Waals surface area contributed by atoms with Crippen LogP contribution in [0.4, 0.5) is 0 Å². The number of benzene rings is 1. The molecule has 96 valence electrons. The predicted molar refractivity (Wildman–Crippen MR) is 72.3 cm³/mol. The normalized spacial score (nSPS) is 15.5. The highest BCUT2D eigenvalue weighted by Crippen LogP contribution is 2.33. The molecule has 1 atom stereocenters. The Morgan fingerprint density at radius 3 is 2.18 bits per heavy atom. The van der Waals surface area contributed by atoms with Gasteiger partial charge < -0.3 is 16.2 Å². The molecule has 3 nitrogen and oxygen atoms in total.